The smallest absolute Gasteiger partial charge is 0.191 e. The number of hydrogen-bond donors (Lipinski definition) is 0. The molecule has 28 heavy (non-hydrogen) atoms. The van der Waals surface area contributed by atoms with Gasteiger partial charge in [0.25, 0.3) is 0 Å². The first kappa shape index (κ1) is 19.6. The van der Waals surface area contributed by atoms with Crippen LogP contribution in [0.15, 0.2) is 40.9 Å². The molecule has 0 amide bonds. The number of benzene rings is 1. The first-order valence-corrected chi connectivity index (χ1v) is 11.9. The lowest BCUT2D eigenvalue weighted by atomic mass is 10.1. The van der Waals surface area contributed by atoms with Gasteiger partial charge >= 0.3 is 0 Å². The van der Waals surface area contributed by atoms with Crippen LogP contribution in [0.2, 0.25) is 0 Å². The van der Waals surface area contributed by atoms with Gasteiger partial charge in [0, 0.05) is 11.1 Å². The van der Waals surface area contributed by atoms with E-state index in [0.29, 0.717) is 0 Å². The van der Waals surface area contributed by atoms with Crippen LogP contribution in [0.25, 0.3) is 0 Å². The number of piperidine rings is 1. The van der Waals surface area contributed by atoms with Crippen LogP contribution in [0.5, 0.6) is 0 Å². The Labute approximate surface area is 175 Å². The van der Waals surface area contributed by atoms with Crippen LogP contribution < -0.4 is 0 Å². The summed E-state index contributed by atoms with van der Waals surface area (Å²) in [5, 5.41) is 13.5. The lowest BCUT2D eigenvalue weighted by molar-refractivity contribution is 0.213. The molecule has 0 N–H and O–H groups in total. The average molecular weight is 414 g/mol. The Kier molecular flexibility index (Phi) is 6.77. The Hall–Kier alpha value is -1.70. The molecule has 0 atom stereocenters. The van der Waals surface area contributed by atoms with Gasteiger partial charge in [-0.05, 0) is 37.9 Å². The highest BCUT2D eigenvalue weighted by molar-refractivity contribution is 7.98. The number of hydrogen-bond acceptors (Lipinski definition) is 6. The Morgan fingerprint density at radius 1 is 1.04 bits per heavy atom. The van der Waals surface area contributed by atoms with Crippen molar-refractivity contribution in [3.63, 3.8) is 0 Å². The Morgan fingerprint density at radius 3 is 2.61 bits per heavy atom. The van der Waals surface area contributed by atoms with E-state index in [0.717, 1.165) is 41.9 Å². The van der Waals surface area contributed by atoms with Crippen molar-refractivity contribution in [2.45, 2.75) is 56.6 Å². The zero-order valence-electron chi connectivity index (χ0n) is 16.4. The standard InChI is InChI=1S/C21H27N5S2/c1-2-20-22-18(15-27-20)16-28-21-24-23-19(14-25-11-7-4-8-12-25)26(21)13-17-9-5-3-6-10-17/h3,5-6,9-10,15H,2,4,7-8,11-14,16H2,1H3. The van der Waals surface area contributed by atoms with Crippen molar-refractivity contribution in [3.8, 4) is 0 Å². The lowest BCUT2D eigenvalue weighted by Crippen LogP contribution is -2.30. The molecule has 0 saturated carbocycles. The van der Waals surface area contributed by atoms with E-state index in [-0.39, 0.29) is 0 Å². The number of thiazole rings is 1. The van der Waals surface area contributed by atoms with Crippen LogP contribution in [0.4, 0.5) is 0 Å². The second-order valence-corrected chi connectivity index (χ2v) is 9.07. The molecule has 0 aliphatic carbocycles. The van der Waals surface area contributed by atoms with Crippen LogP contribution in [0.3, 0.4) is 0 Å². The molecule has 1 fully saturated rings. The van der Waals surface area contributed by atoms with E-state index in [1.165, 1.54) is 42.9 Å². The molecule has 0 unspecified atom stereocenters. The second-order valence-electron chi connectivity index (χ2n) is 7.18. The maximum absolute atomic E-state index is 4.69. The molecule has 1 aliphatic heterocycles. The molecule has 0 radical (unpaired) electrons. The molecule has 1 aromatic carbocycles. The molecule has 1 saturated heterocycles. The van der Waals surface area contributed by atoms with Gasteiger partial charge in [-0.15, -0.1) is 21.5 Å². The monoisotopic (exact) mass is 413 g/mol. The number of nitrogens with zero attached hydrogens (tertiary/aromatic N) is 5. The normalized spacial score (nSPS) is 15.2. The third-order valence-corrected chi connectivity index (χ3v) is 7.08. The summed E-state index contributed by atoms with van der Waals surface area (Å²) in [6.07, 6.45) is 4.93. The first-order valence-electron chi connectivity index (χ1n) is 10.1. The van der Waals surface area contributed by atoms with Crippen LogP contribution in [-0.2, 0) is 25.3 Å². The molecule has 4 rings (SSSR count). The largest absolute Gasteiger partial charge is 0.300 e. The summed E-state index contributed by atoms with van der Waals surface area (Å²) < 4.78 is 2.29. The topological polar surface area (TPSA) is 46.8 Å². The highest BCUT2D eigenvalue weighted by atomic mass is 32.2. The van der Waals surface area contributed by atoms with Gasteiger partial charge in [-0.3, -0.25) is 4.90 Å². The van der Waals surface area contributed by atoms with E-state index in [4.69, 9.17) is 0 Å². The molecule has 0 spiro atoms. The number of aromatic nitrogens is 4. The Morgan fingerprint density at radius 2 is 1.86 bits per heavy atom. The summed E-state index contributed by atoms with van der Waals surface area (Å²) in [5.41, 5.74) is 2.42. The van der Waals surface area contributed by atoms with Gasteiger partial charge in [0.15, 0.2) is 5.16 Å². The van der Waals surface area contributed by atoms with Crippen molar-refractivity contribution in [1.29, 1.82) is 0 Å². The molecule has 3 aromatic rings. The quantitative estimate of drug-likeness (QED) is 0.504. The fraction of sp³-hybridized carbons (Fsp3) is 0.476. The van der Waals surface area contributed by atoms with Gasteiger partial charge in [-0.1, -0.05) is 55.4 Å². The van der Waals surface area contributed by atoms with E-state index < -0.39 is 0 Å². The SMILES string of the molecule is CCc1nc(CSc2nnc(CN3CCCCC3)n2Cc2ccccc2)cs1. The van der Waals surface area contributed by atoms with Crippen LogP contribution in [0.1, 0.15) is 48.3 Å². The van der Waals surface area contributed by atoms with Crippen molar-refractivity contribution in [2.75, 3.05) is 13.1 Å². The number of aryl methyl sites for hydroxylation is 1. The lowest BCUT2D eigenvalue weighted by Gasteiger charge is -2.26. The van der Waals surface area contributed by atoms with Crippen molar-refractivity contribution in [3.05, 3.63) is 57.8 Å². The third kappa shape index (κ3) is 5.01. The molecule has 5 nitrogen and oxygen atoms in total. The highest BCUT2D eigenvalue weighted by Crippen LogP contribution is 2.25. The predicted molar refractivity (Wildman–Crippen MR) is 116 cm³/mol. The maximum Gasteiger partial charge on any atom is 0.191 e. The summed E-state index contributed by atoms with van der Waals surface area (Å²) >= 11 is 3.49. The number of thioether (sulfide) groups is 1. The van der Waals surface area contributed by atoms with Crippen molar-refractivity contribution in [1.82, 2.24) is 24.6 Å². The Bertz CT molecular complexity index is 868. The molecular weight excluding hydrogens is 386 g/mol. The van der Waals surface area contributed by atoms with Gasteiger partial charge in [0.2, 0.25) is 0 Å². The first-order chi connectivity index (χ1) is 13.8. The second kappa shape index (κ2) is 9.67. The van der Waals surface area contributed by atoms with Gasteiger partial charge < -0.3 is 4.57 Å². The molecule has 2 aromatic heterocycles. The van der Waals surface area contributed by atoms with Crippen LogP contribution >= 0.6 is 23.1 Å². The molecule has 7 heteroatoms. The minimum absolute atomic E-state index is 0.816. The van der Waals surface area contributed by atoms with Gasteiger partial charge in [0.1, 0.15) is 5.82 Å². The fourth-order valence-electron chi connectivity index (χ4n) is 3.50. The fourth-order valence-corrected chi connectivity index (χ4v) is 5.20. The average Bonchev–Trinajstić information content (AvgIpc) is 3.35. The van der Waals surface area contributed by atoms with E-state index in [1.54, 1.807) is 23.1 Å². The van der Waals surface area contributed by atoms with Crippen LogP contribution in [-0.4, -0.2) is 37.7 Å². The molecule has 1 aliphatic rings. The molecule has 148 valence electrons. The van der Waals surface area contributed by atoms with Gasteiger partial charge in [-0.25, -0.2) is 4.98 Å². The molecular formula is C21H27N5S2. The minimum Gasteiger partial charge on any atom is -0.300 e. The predicted octanol–water partition coefficient (Wildman–Crippen LogP) is 4.62. The van der Waals surface area contributed by atoms with E-state index in [2.05, 4.69) is 67.3 Å². The van der Waals surface area contributed by atoms with Gasteiger partial charge in [-0.2, -0.15) is 0 Å². The zero-order valence-corrected chi connectivity index (χ0v) is 18.0. The van der Waals surface area contributed by atoms with Crippen LogP contribution in [0, 0.1) is 0 Å². The molecule has 0 bridgehead atoms. The Balaban J connectivity index is 1.52. The van der Waals surface area contributed by atoms with E-state index >= 15 is 0 Å². The summed E-state index contributed by atoms with van der Waals surface area (Å²) in [6, 6.07) is 10.6. The van der Waals surface area contributed by atoms with Crippen molar-refractivity contribution >= 4 is 23.1 Å². The third-order valence-electron chi connectivity index (χ3n) is 5.04. The van der Waals surface area contributed by atoms with Crippen molar-refractivity contribution < 1.29 is 0 Å². The highest BCUT2D eigenvalue weighted by Gasteiger charge is 2.18. The van der Waals surface area contributed by atoms with E-state index in [1.807, 2.05) is 0 Å². The maximum atomic E-state index is 4.69. The molecule has 3 heterocycles. The van der Waals surface area contributed by atoms with E-state index in [9.17, 15) is 0 Å². The minimum atomic E-state index is 0.816. The van der Waals surface area contributed by atoms with Gasteiger partial charge in [0.05, 0.1) is 23.8 Å². The summed E-state index contributed by atoms with van der Waals surface area (Å²) in [6.45, 7) is 6.19. The van der Waals surface area contributed by atoms with Crippen molar-refractivity contribution in [2.24, 2.45) is 0 Å². The zero-order chi connectivity index (χ0) is 19.2. The number of likely N-dealkylation sites (tertiary alicyclic amines) is 1. The summed E-state index contributed by atoms with van der Waals surface area (Å²) in [4.78, 5) is 7.20. The summed E-state index contributed by atoms with van der Waals surface area (Å²) in [5.74, 6) is 1.91. The number of rotatable bonds is 8. The summed E-state index contributed by atoms with van der Waals surface area (Å²) in [7, 11) is 0.